The van der Waals surface area contributed by atoms with Crippen molar-refractivity contribution >= 4 is 10.0 Å². The first kappa shape index (κ1) is 13.9. The molecule has 5 heteroatoms. The van der Waals surface area contributed by atoms with Crippen molar-refractivity contribution in [2.75, 3.05) is 25.4 Å². The highest BCUT2D eigenvalue weighted by Crippen LogP contribution is 2.11. The second-order valence-electron chi connectivity index (χ2n) is 5.07. The molecule has 0 amide bonds. The molecule has 0 spiro atoms. The predicted molar refractivity (Wildman–Crippen MR) is 66.8 cm³/mol. The van der Waals surface area contributed by atoms with Gasteiger partial charge in [0, 0.05) is 6.54 Å². The minimum atomic E-state index is -3.07. The van der Waals surface area contributed by atoms with Crippen molar-refractivity contribution < 1.29 is 8.42 Å². The Kier molecular flexibility index (Phi) is 5.72. The van der Waals surface area contributed by atoms with Crippen LogP contribution in [0.5, 0.6) is 0 Å². The van der Waals surface area contributed by atoms with E-state index in [4.69, 9.17) is 0 Å². The average molecular weight is 248 g/mol. The van der Waals surface area contributed by atoms with E-state index in [9.17, 15) is 8.42 Å². The van der Waals surface area contributed by atoms with Gasteiger partial charge in [-0.2, -0.15) is 0 Å². The van der Waals surface area contributed by atoms with E-state index in [-0.39, 0.29) is 11.7 Å². The Morgan fingerprint density at radius 3 is 2.75 bits per heavy atom. The fraction of sp³-hybridized carbons (Fsp3) is 1.00. The van der Waals surface area contributed by atoms with Crippen LogP contribution in [0.25, 0.3) is 0 Å². The third-order valence-corrected chi connectivity index (χ3v) is 4.45. The van der Waals surface area contributed by atoms with E-state index in [0.29, 0.717) is 12.5 Å². The molecule has 0 radical (unpaired) electrons. The van der Waals surface area contributed by atoms with Crippen LogP contribution in [0.2, 0.25) is 0 Å². The van der Waals surface area contributed by atoms with Gasteiger partial charge in [0.25, 0.3) is 0 Å². The molecule has 1 rings (SSSR count). The summed E-state index contributed by atoms with van der Waals surface area (Å²) in [7, 11) is -3.07. The highest BCUT2D eigenvalue weighted by atomic mass is 32.2. The molecular weight excluding hydrogens is 224 g/mol. The molecule has 1 unspecified atom stereocenters. The molecule has 4 nitrogen and oxygen atoms in total. The Morgan fingerprint density at radius 1 is 1.44 bits per heavy atom. The minimum Gasteiger partial charge on any atom is -0.316 e. The Bertz CT molecular complexity index is 282. The molecule has 1 fully saturated rings. The van der Waals surface area contributed by atoms with Gasteiger partial charge in [0.15, 0.2) is 0 Å². The number of sulfonamides is 1. The largest absolute Gasteiger partial charge is 0.316 e. The lowest BCUT2D eigenvalue weighted by atomic mass is 10.0. The summed E-state index contributed by atoms with van der Waals surface area (Å²) in [5.41, 5.74) is 0. The number of hydrogen-bond donors (Lipinski definition) is 2. The van der Waals surface area contributed by atoms with E-state index in [1.165, 1.54) is 0 Å². The molecule has 0 aliphatic carbocycles. The monoisotopic (exact) mass is 248 g/mol. The van der Waals surface area contributed by atoms with Gasteiger partial charge in [-0.05, 0) is 44.2 Å². The molecule has 96 valence electrons. The number of piperidine rings is 1. The highest BCUT2D eigenvalue weighted by molar-refractivity contribution is 7.89. The molecular formula is C11H24N2O2S. The van der Waals surface area contributed by atoms with Crippen LogP contribution in [0.15, 0.2) is 0 Å². The fourth-order valence-electron chi connectivity index (χ4n) is 1.94. The number of rotatable bonds is 6. The van der Waals surface area contributed by atoms with Crippen molar-refractivity contribution in [1.82, 2.24) is 10.0 Å². The van der Waals surface area contributed by atoms with E-state index in [1.807, 2.05) is 0 Å². The summed E-state index contributed by atoms with van der Waals surface area (Å²) < 4.78 is 26.2. The zero-order valence-corrected chi connectivity index (χ0v) is 11.1. The van der Waals surface area contributed by atoms with Crippen molar-refractivity contribution in [2.45, 2.75) is 33.1 Å². The first-order valence-corrected chi connectivity index (χ1v) is 7.83. The van der Waals surface area contributed by atoms with Gasteiger partial charge in [-0.3, -0.25) is 0 Å². The highest BCUT2D eigenvalue weighted by Gasteiger charge is 2.20. The van der Waals surface area contributed by atoms with Crippen LogP contribution >= 0.6 is 0 Å². The molecule has 0 saturated carbocycles. The Balaban J connectivity index is 2.27. The lowest BCUT2D eigenvalue weighted by Gasteiger charge is -2.22. The summed E-state index contributed by atoms with van der Waals surface area (Å²) in [4.78, 5) is 0. The lowest BCUT2D eigenvalue weighted by molar-refractivity contribution is 0.402. The van der Waals surface area contributed by atoms with Crippen molar-refractivity contribution in [3.05, 3.63) is 0 Å². The van der Waals surface area contributed by atoms with E-state index >= 15 is 0 Å². The van der Waals surface area contributed by atoms with Crippen LogP contribution in [0.1, 0.15) is 33.1 Å². The van der Waals surface area contributed by atoms with Crippen LogP contribution in [0, 0.1) is 11.8 Å². The number of nitrogens with one attached hydrogen (secondary N) is 2. The molecule has 0 bridgehead atoms. The first-order chi connectivity index (χ1) is 7.49. The van der Waals surface area contributed by atoms with Gasteiger partial charge in [0.05, 0.1) is 5.75 Å². The summed E-state index contributed by atoms with van der Waals surface area (Å²) in [6.45, 7) is 6.63. The molecule has 1 aliphatic heterocycles. The van der Waals surface area contributed by atoms with Crippen LogP contribution < -0.4 is 10.0 Å². The number of hydrogen-bond acceptors (Lipinski definition) is 3. The summed E-state index contributed by atoms with van der Waals surface area (Å²) in [5.74, 6) is 1.10. The van der Waals surface area contributed by atoms with Gasteiger partial charge in [-0.25, -0.2) is 13.1 Å². The molecule has 0 aromatic carbocycles. The first-order valence-electron chi connectivity index (χ1n) is 6.17. The Labute approximate surface area is 99.2 Å². The summed E-state index contributed by atoms with van der Waals surface area (Å²) >= 11 is 0. The zero-order valence-electron chi connectivity index (χ0n) is 10.3. The van der Waals surface area contributed by atoms with Crippen molar-refractivity contribution in [1.29, 1.82) is 0 Å². The molecule has 0 aromatic rings. The normalized spacial score (nSPS) is 22.6. The standard InChI is InChI=1S/C11H24N2O2S/c1-10(2)5-7-13-16(14,15)9-11-4-3-6-12-8-11/h10-13H,3-9H2,1-2H3. The van der Waals surface area contributed by atoms with Crippen molar-refractivity contribution in [2.24, 2.45) is 11.8 Å². The Hall–Kier alpha value is -0.130. The summed E-state index contributed by atoms with van der Waals surface area (Å²) in [6, 6.07) is 0. The molecule has 0 aromatic heterocycles. The SMILES string of the molecule is CC(C)CCNS(=O)(=O)CC1CCCNC1. The maximum Gasteiger partial charge on any atom is 0.211 e. The van der Waals surface area contributed by atoms with Crippen LogP contribution in [0.4, 0.5) is 0 Å². The van der Waals surface area contributed by atoms with E-state index in [2.05, 4.69) is 23.9 Å². The van der Waals surface area contributed by atoms with Gasteiger partial charge >= 0.3 is 0 Å². The van der Waals surface area contributed by atoms with Crippen LogP contribution in [-0.4, -0.2) is 33.8 Å². The Morgan fingerprint density at radius 2 is 2.19 bits per heavy atom. The van der Waals surface area contributed by atoms with Crippen LogP contribution in [0.3, 0.4) is 0 Å². The molecule has 1 aliphatic rings. The third kappa shape index (κ3) is 5.82. The summed E-state index contributed by atoms with van der Waals surface area (Å²) in [6.07, 6.45) is 3.02. The van der Waals surface area contributed by atoms with Gasteiger partial charge in [0.1, 0.15) is 0 Å². The van der Waals surface area contributed by atoms with E-state index < -0.39 is 10.0 Å². The molecule has 1 heterocycles. The minimum absolute atomic E-state index is 0.276. The molecule has 16 heavy (non-hydrogen) atoms. The van der Waals surface area contributed by atoms with E-state index in [0.717, 1.165) is 32.4 Å². The third-order valence-electron chi connectivity index (χ3n) is 2.90. The van der Waals surface area contributed by atoms with E-state index in [1.54, 1.807) is 0 Å². The quantitative estimate of drug-likeness (QED) is 0.736. The molecule has 2 N–H and O–H groups in total. The smallest absolute Gasteiger partial charge is 0.211 e. The zero-order chi connectivity index (χ0) is 12.0. The predicted octanol–water partition coefficient (Wildman–Crippen LogP) is 0.952. The average Bonchev–Trinajstić information content (AvgIpc) is 2.17. The molecule has 1 saturated heterocycles. The fourth-order valence-corrected chi connectivity index (χ4v) is 3.39. The summed E-state index contributed by atoms with van der Waals surface area (Å²) in [5, 5.41) is 3.24. The second kappa shape index (κ2) is 6.57. The molecule has 1 atom stereocenters. The topological polar surface area (TPSA) is 58.2 Å². The van der Waals surface area contributed by atoms with Gasteiger partial charge in [-0.1, -0.05) is 13.8 Å². The maximum atomic E-state index is 11.7. The van der Waals surface area contributed by atoms with Crippen molar-refractivity contribution in [3.63, 3.8) is 0 Å². The van der Waals surface area contributed by atoms with Gasteiger partial charge in [0.2, 0.25) is 10.0 Å². The van der Waals surface area contributed by atoms with Gasteiger partial charge in [-0.15, -0.1) is 0 Å². The van der Waals surface area contributed by atoms with Crippen molar-refractivity contribution in [3.8, 4) is 0 Å². The van der Waals surface area contributed by atoms with Gasteiger partial charge < -0.3 is 5.32 Å². The second-order valence-corrected chi connectivity index (χ2v) is 6.92. The van der Waals surface area contributed by atoms with Crippen LogP contribution in [-0.2, 0) is 10.0 Å². The maximum absolute atomic E-state index is 11.7. The lowest BCUT2D eigenvalue weighted by Crippen LogP contribution is -2.38.